The summed E-state index contributed by atoms with van der Waals surface area (Å²) in [7, 11) is -3.48. The molecule has 1 atom stereocenters. The molecule has 0 spiro atoms. The Morgan fingerprint density at radius 1 is 1.07 bits per heavy atom. The van der Waals surface area contributed by atoms with E-state index < -0.39 is 10.0 Å². The lowest BCUT2D eigenvalue weighted by molar-refractivity contribution is -0.151. The summed E-state index contributed by atoms with van der Waals surface area (Å²) in [6.07, 6.45) is 5.64. The summed E-state index contributed by atoms with van der Waals surface area (Å²) in [5, 5.41) is 4.05. The number of hydrogen-bond donors (Lipinski definition) is 0. The number of benzene rings is 1. The maximum Gasteiger partial charge on any atom is 0.243 e. The van der Waals surface area contributed by atoms with Crippen LogP contribution in [-0.2, 0) is 14.8 Å². The van der Waals surface area contributed by atoms with Crippen LogP contribution in [0.4, 0.5) is 0 Å². The van der Waals surface area contributed by atoms with Gasteiger partial charge in [-0.05, 0) is 50.7 Å². The molecule has 0 bridgehead atoms. The summed E-state index contributed by atoms with van der Waals surface area (Å²) < 4.78 is 27.3. The van der Waals surface area contributed by atoms with Crippen LogP contribution < -0.4 is 0 Å². The first-order chi connectivity index (χ1) is 13.0. The number of nitrogens with zero attached hydrogens (tertiary/aromatic N) is 3. The van der Waals surface area contributed by atoms with E-state index in [0.29, 0.717) is 31.0 Å². The van der Waals surface area contributed by atoms with Crippen LogP contribution in [0.25, 0.3) is 0 Å². The molecule has 150 valence electrons. The number of carbonyl (C=O) groups is 1. The van der Waals surface area contributed by atoms with Gasteiger partial charge in [-0.1, -0.05) is 24.6 Å². The first-order valence-corrected chi connectivity index (χ1v) is 11.6. The molecule has 0 saturated carbocycles. The number of hydrogen-bond acceptors (Lipinski definition) is 4. The smallest absolute Gasteiger partial charge is 0.243 e. The Bertz CT molecular complexity index is 717. The molecular weight excluding hydrogens is 362 g/mol. The van der Waals surface area contributed by atoms with Crippen LogP contribution in [0.1, 0.15) is 45.4 Å². The maximum atomic E-state index is 12.9. The predicted octanol–water partition coefficient (Wildman–Crippen LogP) is 2.73. The zero-order valence-corrected chi connectivity index (χ0v) is 17.0. The van der Waals surface area contributed by atoms with E-state index in [9.17, 15) is 13.2 Å². The van der Waals surface area contributed by atoms with Gasteiger partial charge < -0.3 is 0 Å². The van der Waals surface area contributed by atoms with Gasteiger partial charge in [0.2, 0.25) is 15.9 Å². The number of hydrazine groups is 1. The van der Waals surface area contributed by atoms with Crippen molar-refractivity contribution in [3.63, 3.8) is 0 Å². The molecule has 0 aliphatic carbocycles. The first kappa shape index (κ1) is 20.3. The zero-order chi connectivity index (χ0) is 19.3. The molecular formula is C20H31N3O3S. The fraction of sp³-hybridized carbons (Fsp3) is 0.650. The van der Waals surface area contributed by atoms with Crippen LogP contribution >= 0.6 is 0 Å². The zero-order valence-electron chi connectivity index (χ0n) is 16.2. The summed E-state index contributed by atoms with van der Waals surface area (Å²) in [5.41, 5.74) is 0. The molecule has 1 aromatic carbocycles. The maximum absolute atomic E-state index is 12.9. The Balaban J connectivity index is 1.63. The van der Waals surface area contributed by atoms with Gasteiger partial charge in [0.1, 0.15) is 0 Å². The summed E-state index contributed by atoms with van der Waals surface area (Å²) in [6, 6.07) is 8.58. The Morgan fingerprint density at radius 2 is 1.78 bits per heavy atom. The average molecular weight is 394 g/mol. The molecule has 0 radical (unpaired) electrons. The van der Waals surface area contributed by atoms with Crippen molar-refractivity contribution in [2.24, 2.45) is 5.92 Å². The van der Waals surface area contributed by atoms with E-state index in [4.69, 9.17) is 0 Å². The lowest BCUT2D eigenvalue weighted by atomic mass is 9.96. The lowest BCUT2D eigenvalue weighted by Gasteiger charge is -2.38. The molecule has 3 rings (SSSR count). The quantitative estimate of drug-likeness (QED) is 0.746. The molecule has 2 saturated heterocycles. The van der Waals surface area contributed by atoms with Gasteiger partial charge in [-0.15, -0.1) is 0 Å². The minimum Gasteiger partial charge on any atom is -0.276 e. The third kappa shape index (κ3) is 4.89. The third-order valence-corrected chi connectivity index (χ3v) is 7.47. The van der Waals surface area contributed by atoms with Crippen LogP contribution in [0.5, 0.6) is 0 Å². The largest absolute Gasteiger partial charge is 0.276 e. The van der Waals surface area contributed by atoms with Gasteiger partial charge >= 0.3 is 0 Å². The number of piperidine rings is 2. The minimum atomic E-state index is -3.48. The van der Waals surface area contributed by atoms with Crippen LogP contribution in [0.15, 0.2) is 35.2 Å². The van der Waals surface area contributed by atoms with Crippen molar-refractivity contribution in [3.8, 4) is 0 Å². The van der Waals surface area contributed by atoms with E-state index in [1.165, 1.54) is 6.42 Å². The number of sulfonamides is 1. The highest BCUT2D eigenvalue weighted by molar-refractivity contribution is 7.89. The molecule has 7 heteroatoms. The van der Waals surface area contributed by atoms with Crippen molar-refractivity contribution in [2.75, 3.05) is 32.7 Å². The van der Waals surface area contributed by atoms with Crippen molar-refractivity contribution in [2.45, 2.75) is 50.3 Å². The number of amides is 1. The normalized spacial score (nSPS) is 22.5. The van der Waals surface area contributed by atoms with Gasteiger partial charge in [-0.3, -0.25) is 9.80 Å². The van der Waals surface area contributed by atoms with Crippen LogP contribution in [-0.4, -0.2) is 61.4 Å². The molecule has 2 aliphatic rings. The van der Waals surface area contributed by atoms with Crippen molar-refractivity contribution >= 4 is 15.9 Å². The molecule has 2 aliphatic heterocycles. The van der Waals surface area contributed by atoms with Crippen molar-refractivity contribution in [1.82, 2.24) is 14.3 Å². The molecule has 1 unspecified atom stereocenters. The molecule has 2 heterocycles. The molecule has 1 amide bonds. The highest BCUT2D eigenvalue weighted by atomic mass is 32.2. The van der Waals surface area contributed by atoms with E-state index in [2.05, 4.69) is 5.01 Å². The number of rotatable bonds is 6. The minimum absolute atomic E-state index is 0.0866. The van der Waals surface area contributed by atoms with E-state index in [-0.39, 0.29) is 11.8 Å². The van der Waals surface area contributed by atoms with Crippen molar-refractivity contribution in [1.29, 1.82) is 0 Å². The second kappa shape index (κ2) is 9.17. The summed E-state index contributed by atoms with van der Waals surface area (Å²) in [6.45, 7) is 5.54. The van der Waals surface area contributed by atoms with Crippen molar-refractivity contribution in [3.05, 3.63) is 30.3 Å². The SMILES string of the molecule is CCN(C(=O)CC1CCCN(S(=O)(=O)c2ccccc2)C1)N1CCCCC1. The predicted molar refractivity (Wildman–Crippen MR) is 105 cm³/mol. The Morgan fingerprint density at radius 3 is 2.44 bits per heavy atom. The highest BCUT2D eigenvalue weighted by Gasteiger charge is 2.32. The van der Waals surface area contributed by atoms with Crippen LogP contribution in [0, 0.1) is 5.92 Å². The second-order valence-corrected chi connectivity index (χ2v) is 9.45. The molecule has 1 aromatic rings. The molecule has 6 nitrogen and oxygen atoms in total. The van der Waals surface area contributed by atoms with Gasteiger partial charge in [0.05, 0.1) is 4.90 Å². The van der Waals surface area contributed by atoms with Crippen molar-refractivity contribution < 1.29 is 13.2 Å². The van der Waals surface area contributed by atoms with E-state index in [0.717, 1.165) is 38.8 Å². The summed E-state index contributed by atoms with van der Waals surface area (Å²) in [4.78, 5) is 13.2. The summed E-state index contributed by atoms with van der Waals surface area (Å²) in [5.74, 6) is 0.215. The van der Waals surface area contributed by atoms with Gasteiger partial charge in [-0.25, -0.2) is 13.4 Å². The van der Waals surface area contributed by atoms with Gasteiger partial charge in [0.25, 0.3) is 0 Å². The monoisotopic (exact) mass is 393 g/mol. The molecule has 0 aromatic heterocycles. The van der Waals surface area contributed by atoms with Crippen LogP contribution in [0.3, 0.4) is 0 Å². The van der Waals surface area contributed by atoms with Gasteiger partial charge in [0, 0.05) is 39.1 Å². The standard InChI is InChI=1S/C20H31N3O3S/c1-2-23(21-13-7-4-8-14-21)20(24)16-18-10-9-15-22(17-18)27(25,26)19-11-5-3-6-12-19/h3,5-6,11-12,18H,2,4,7-10,13-17H2,1H3. The second-order valence-electron chi connectivity index (χ2n) is 7.51. The third-order valence-electron chi connectivity index (χ3n) is 5.59. The Labute approximate surface area is 163 Å². The number of carbonyl (C=O) groups excluding carboxylic acids is 1. The Hall–Kier alpha value is -1.44. The Kier molecular flexibility index (Phi) is 6.89. The highest BCUT2D eigenvalue weighted by Crippen LogP contribution is 2.26. The summed E-state index contributed by atoms with van der Waals surface area (Å²) >= 11 is 0. The fourth-order valence-corrected chi connectivity index (χ4v) is 5.73. The molecule has 2 fully saturated rings. The topological polar surface area (TPSA) is 60.9 Å². The lowest BCUT2D eigenvalue weighted by Crippen LogP contribution is -2.50. The fourth-order valence-electron chi connectivity index (χ4n) is 4.16. The van der Waals surface area contributed by atoms with Gasteiger partial charge in [-0.2, -0.15) is 4.31 Å². The van der Waals surface area contributed by atoms with Crippen LogP contribution in [0.2, 0.25) is 0 Å². The molecule has 0 N–H and O–H groups in total. The first-order valence-electron chi connectivity index (χ1n) is 10.1. The van der Waals surface area contributed by atoms with Gasteiger partial charge in [0.15, 0.2) is 0 Å². The van der Waals surface area contributed by atoms with E-state index >= 15 is 0 Å². The average Bonchev–Trinajstić information content (AvgIpc) is 2.70. The van der Waals surface area contributed by atoms with E-state index in [1.54, 1.807) is 28.6 Å². The molecule has 27 heavy (non-hydrogen) atoms. The van der Waals surface area contributed by atoms with E-state index in [1.807, 2.05) is 18.0 Å².